The molecule has 2 atom stereocenters. The third-order valence-electron chi connectivity index (χ3n) is 2.79. The number of hydrogen-bond acceptors (Lipinski definition) is 3. The highest BCUT2D eigenvalue weighted by Gasteiger charge is 2.29. The number of halogens is 3. The Morgan fingerprint density at radius 3 is 2.63 bits per heavy atom. The van der Waals surface area contributed by atoms with Crippen molar-refractivity contribution in [3.05, 3.63) is 43.5 Å². The Hall–Kier alpha value is -0.0400. The predicted octanol–water partition coefficient (Wildman–Crippen LogP) is 5.55. The van der Waals surface area contributed by atoms with E-state index in [1.165, 1.54) is 4.88 Å². The second-order valence-corrected chi connectivity index (χ2v) is 8.33. The van der Waals surface area contributed by atoms with Crippen LogP contribution in [0.1, 0.15) is 9.70 Å². The molecule has 0 spiro atoms. The minimum absolute atomic E-state index is 0.0349. The summed E-state index contributed by atoms with van der Waals surface area (Å²) in [5.74, 6) is 1.62. The van der Waals surface area contributed by atoms with Gasteiger partial charge in [-0.15, -0.1) is 11.3 Å². The van der Waals surface area contributed by atoms with E-state index in [-0.39, 0.29) is 10.9 Å². The second kappa shape index (κ2) is 5.76. The molecule has 0 saturated carbocycles. The zero-order chi connectivity index (χ0) is 13.4. The Bertz CT molecular complexity index is 580. The molecule has 1 aliphatic rings. The van der Waals surface area contributed by atoms with Crippen LogP contribution < -0.4 is 9.47 Å². The van der Waals surface area contributed by atoms with E-state index in [0.717, 1.165) is 19.8 Å². The molecule has 1 aromatic carbocycles. The van der Waals surface area contributed by atoms with Gasteiger partial charge in [0.05, 0.1) is 8.61 Å². The molecule has 0 saturated heterocycles. The van der Waals surface area contributed by atoms with Crippen LogP contribution in [0.2, 0.25) is 0 Å². The van der Waals surface area contributed by atoms with Crippen molar-refractivity contribution in [3.8, 4) is 11.5 Å². The van der Waals surface area contributed by atoms with Crippen LogP contribution in [0.5, 0.6) is 11.5 Å². The van der Waals surface area contributed by atoms with E-state index in [9.17, 15) is 0 Å². The van der Waals surface area contributed by atoms with Crippen molar-refractivity contribution in [1.82, 2.24) is 0 Å². The minimum Gasteiger partial charge on any atom is -0.486 e. The Morgan fingerprint density at radius 1 is 1.21 bits per heavy atom. The summed E-state index contributed by atoms with van der Waals surface area (Å²) in [5.41, 5.74) is 0. The van der Waals surface area contributed by atoms with Gasteiger partial charge in [0.15, 0.2) is 17.6 Å². The van der Waals surface area contributed by atoms with Gasteiger partial charge in [-0.3, -0.25) is 0 Å². The summed E-state index contributed by atoms with van der Waals surface area (Å²) in [4.78, 5) is 1.31. The Kier molecular flexibility index (Phi) is 4.22. The molecule has 100 valence electrons. The lowest BCUT2D eigenvalue weighted by Gasteiger charge is -2.29. The standard InChI is InChI=1S/C13H9Br3O2S/c14-7-5-11(19-13(7)16)12(15)10-6-17-8-3-1-2-4-9(8)18-10/h1-5,10,12H,6H2. The molecule has 2 unspecified atom stereocenters. The summed E-state index contributed by atoms with van der Waals surface area (Å²) >= 11 is 12.4. The Balaban J connectivity index is 1.81. The van der Waals surface area contributed by atoms with Gasteiger partial charge in [-0.05, 0) is 50.1 Å². The maximum Gasteiger partial charge on any atom is 0.161 e. The average molecular weight is 469 g/mol. The van der Waals surface area contributed by atoms with Gasteiger partial charge in [0.1, 0.15) is 6.61 Å². The SMILES string of the molecule is Brc1cc(C(Br)C2COc3ccccc3O2)sc1Br. The van der Waals surface area contributed by atoms with E-state index in [0.29, 0.717) is 6.61 Å². The molecule has 0 radical (unpaired) electrons. The molecule has 0 fully saturated rings. The Labute approximate surface area is 140 Å². The number of para-hydroxylation sites is 2. The van der Waals surface area contributed by atoms with Crippen molar-refractivity contribution in [3.63, 3.8) is 0 Å². The largest absolute Gasteiger partial charge is 0.486 e. The smallest absolute Gasteiger partial charge is 0.161 e. The van der Waals surface area contributed by atoms with Crippen LogP contribution in [0.4, 0.5) is 0 Å². The Morgan fingerprint density at radius 2 is 1.95 bits per heavy atom. The highest BCUT2D eigenvalue weighted by molar-refractivity contribution is 9.13. The first-order valence-electron chi connectivity index (χ1n) is 5.62. The van der Waals surface area contributed by atoms with Crippen LogP contribution in [0.3, 0.4) is 0 Å². The molecule has 6 heteroatoms. The molecule has 2 aromatic rings. The topological polar surface area (TPSA) is 18.5 Å². The lowest BCUT2D eigenvalue weighted by atomic mass is 10.2. The summed E-state index contributed by atoms with van der Waals surface area (Å²) in [7, 11) is 0. The minimum atomic E-state index is -0.0349. The fourth-order valence-corrected chi connectivity index (χ4v) is 4.66. The van der Waals surface area contributed by atoms with Crippen LogP contribution in [0.15, 0.2) is 38.6 Å². The zero-order valence-corrected chi connectivity index (χ0v) is 15.2. The van der Waals surface area contributed by atoms with Crippen LogP contribution in [-0.4, -0.2) is 12.7 Å². The summed E-state index contributed by atoms with van der Waals surface area (Å²) in [5, 5.41) is 0. The zero-order valence-electron chi connectivity index (χ0n) is 9.61. The molecule has 2 nitrogen and oxygen atoms in total. The maximum atomic E-state index is 6.00. The molecule has 1 aliphatic heterocycles. The van der Waals surface area contributed by atoms with Gasteiger partial charge in [-0.1, -0.05) is 28.1 Å². The van der Waals surface area contributed by atoms with Crippen LogP contribution in [0, 0.1) is 0 Å². The van der Waals surface area contributed by atoms with E-state index in [1.54, 1.807) is 11.3 Å². The average Bonchev–Trinajstić information content (AvgIpc) is 2.77. The normalized spacial score (nSPS) is 19.2. The molecule has 0 aliphatic carbocycles. The number of ether oxygens (including phenoxy) is 2. The highest BCUT2D eigenvalue weighted by atomic mass is 79.9. The fraction of sp³-hybridized carbons (Fsp3) is 0.231. The third kappa shape index (κ3) is 2.86. The summed E-state index contributed by atoms with van der Waals surface area (Å²) in [6.45, 7) is 0.542. The van der Waals surface area contributed by atoms with Crippen LogP contribution in [0.25, 0.3) is 0 Å². The van der Waals surface area contributed by atoms with Gasteiger partial charge >= 0.3 is 0 Å². The van der Waals surface area contributed by atoms with Crippen LogP contribution >= 0.6 is 59.1 Å². The van der Waals surface area contributed by atoms with E-state index in [1.807, 2.05) is 24.3 Å². The highest BCUT2D eigenvalue weighted by Crippen LogP contribution is 2.42. The van der Waals surface area contributed by atoms with Crippen molar-refractivity contribution < 1.29 is 9.47 Å². The summed E-state index contributed by atoms with van der Waals surface area (Å²) < 4.78 is 13.9. The van der Waals surface area contributed by atoms with Crippen molar-refractivity contribution in [1.29, 1.82) is 0 Å². The van der Waals surface area contributed by atoms with Crippen molar-refractivity contribution in [2.45, 2.75) is 10.9 Å². The van der Waals surface area contributed by atoms with Gasteiger partial charge in [-0.25, -0.2) is 0 Å². The van der Waals surface area contributed by atoms with Crippen molar-refractivity contribution in [2.75, 3.05) is 6.61 Å². The predicted molar refractivity (Wildman–Crippen MR) is 87.7 cm³/mol. The van der Waals surface area contributed by atoms with Crippen molar-refractivity contribution in [2.24, 2.45) is 0 Å². The lowest BCUT2D eigenvalue weighted by molar-refractivity contribution is 0.0910. The number of benzene rings is 1. The van der Waals surface area contributed by atoms with Gasteiger partial charge in [0.2, 0.25) is 0 Å². The summed E-state index contributed by atoms with van der Waals surface area (Å²) in [6, 6.07) is 9.85. The molecule has 1 aromatic heterocycles. The van der Waals surface area contributed by atoms with Gasteiger partial charge in [0, 0.05) is 9.35 Å². The number of rotatable bonds is 2. The van der Waals surface area contributed by atoms with E-state index in [4.69, 9.17) is 9.47 Å². The number of alkyl halides is 1. The van der Waals surface area contributed by atoms with Gasteiger partial charge in [0.25, 0.3) is 0 Å². The molecule has 19 heavy (non-hydrogen) atoms. The van der Waals surface area contributed by atoms with E-state index in [2.05, 4.69) is 53.9 Å². The second-order valence-electron chi connectivity index (χ2n) is 4.09. The maximum absolute atomic E-state index is 6.00. The first-order chi connectivity index (χ1) is 9.15. The van der Waals surface area contributed by atoms with Crippen LogP contribution in [-0.2, 0) is 0 Å². The number of thiophene rings is 1. The quantitative estimate of drug-likeness (QED) is 0.538. The number of hydrogen-bond donors (Lipinski definition) is 0. The molecule has 2 heterocycles. The lowest BCUT2D eigenvalue weighted by Crippen LogP contribution is -2.32. The summed E-state index contributed by atoms with van der Waals surface area (Å²) in [6.07, 6.45) is -0.0349. The third-order valence-corrected chi connectivity index (χ3v) is 7.52. The monoisotopic (exact) mass is 466 g/mol. The molecule has 0 bridgehead atoms. The molecule has 0 N–H and O–H groups in total. The number of fused-ring (bicyclic) bond motifs is 1. The van der Waals surface area contributed by atoms with Gasteiger partial charge < -0.3 is 9.47 Å². The first kappa shape index (κ1) is 13.9. The van der Waals surface area contributed by atoms with Gasteiger partial charge in [-0.2, -0.15) is 0 Å². The molecule has 3 rings (SSSR count). The van der Waals surface area contributed by atoms with Crippen molar-refractivity contribution >= 4 is 59.1 Å². The molecular formula is C13H9Br3O2S. The molecule has 0 amide bonds. The van der Waals surface area contributed by atoms with E-state index >= 15 is 0 Å². The molecular weight excluding hydrogens is 460 g/mol. The van der Waals surface area contributed by atoms with E-state index < -0.39 is 0 Å². The first-order valence-corrected chi connectivity index (χ1v) is 8.94. The fourth-order valence-electron chi connectivity index (χ4n) is 1.86.